The molecule has 0 unspecified atom stereocenters. The van der Waals surface area contributed by atoms with Crippen LogP contribution in [0.5, 0.6) is 5.75 Å². The summed E-state index contributed by atoms with van der Waals surface area (Å²) in [4.78, 5) is 25.2. The number of hydrogen-bond donors (Lipinski definition) is 2. The number of nitrogens with zero attached hydrogens (tertiary/aromatic N) is 1. The first-order chi connectivity index (χ1) is 9.02. The van der Waals surface area contributed by atoms with E-state index in [1.165, 1.54) is 23.1 Å². The molecular formula is C13H12N2O3S. The summed E-state index contributed by atoms with van der Waals surface area (Å²) in [5, 5.41) is 11.8. The average molecular weight is 276 g/mol. The van der Waals surface area contributed by atoms with Gasteiger partial charge >= 0.3 is 0 Å². The molecule has 1 fully saturated rings. The minimum absolute atomic E-state index is 0.0288. The molecule has 2 N–H and O–H groups in total. The van der Waals surface area contributed by atoms with Gasteiger partial charge in [0.25, 0.3) is 11.8 Å². The molecule has 0 radical (unpaired) electrons. The van der Waals surface area contributed by atoms with Crippen LogP contribution in [-0.2, 0) is 9.59 Å². The van der Waals surface area contributed by atoms with Crippen LogP contribution in [0.4, 0.5) is 0 Å². The van der Waals surface area contributed by atoms with Crippen LogP contribution in [-0.4, -0.2) is 33.5 Å². The van der Waals surface area contributed by atoms with Gasteiger partial charge in [-0.1, -0.05) is 12.1 Å². The lowest BCUT2D eigenvalue weighted by molar-refractivity contribution is -0.128. The van der Waals surface area contributed by atoms with E-state index >= 15 is 0 Å². The molecule has 6 heteroatoms. The number of thiocarbonyl (C=S) groups is 1. The Balaban J connectivity index is 2.36. The van der Waals surface area contributed by atoms with Crippen molar-refractivity contribution in [1.82, 2.24) is 10.2 Å². The Hall–Kier alpha value is -2.21. The van der Waals surface area contributed by atoms with Crippen LogP contribution in [0, 0.1) is 0 Å². The molecule has 98 valence electrons. The van der Waals surface area contributed by atoms with E-state index in [4.69, 9.17) is 12.2 Å². The normalized spacial score (nSPS) is 17.8. The third-order valence-electron chi connectivity index (χ3n) is 2.71. The molecule has 1 heterocycles. The highest BCUT2D eigenvalue weighted by molar-refractivity contribution is 7.80. The van der Waals surface area contributed by atoms with Gasteiger partial charge in [0.1, 0.15) is 11.3 Å². The van der Waals surface area contributed by atoms with E-state index in [0.717, 1.165) is 0 Å². The molecule has 2 amide bonds. The largest absolute Gasteiger partial charge is 0.508 e. The van der Waals surface area contributed by atoms with Crippen LogP contribution in [0.3, 0.4) is 0 Å². The van der Waals surface area contributed by atoms with Crippen LogP contribution in [0.15, 0.2) is 29.8 Å². The van der Waals surface area contributed by atoms with Crippen molar-refractivity contribution in [2.45, 2.75) is 6.92 Å². The number of amides is 2. The predicted molar refractivity (Wildman–Crippen MR) is 74.2 cm³/mol. The van der Waals surface area contributed by atoms with Crippen LogP contribution in [0.2, 0.25) is 0 Å². The van der Waals surface area contributed by atoms with Crippen molar-refractivity contribution in [3.05, 3.63) is 35.4 Å². The van der Waals surface area contributed by atoms with Crippen molar-refractivity contribution in [2.24, 2.45) is 0 Å². The number of benzene rings is 1. The first-order valence-corrected chi connectivity index (χ1v) is 6.11. The van der Waals surface area contributed by atoms with Crippen LogP contribution < -0.4 is 5.32 Å². The maximum atomic E-state index is 12.1. The zero-order valence-corrected chi connectivity index (χ0v) is 11.0. The smallest absolute Gasteiger partial charge is 0.265 e. The second-order valence-corrected chi connectivity index (χ2v) is 4.34. The molecular weight excluding hydrogens is 264 g/mol. The summed E-state index contributed by atoms with van der Waals surface area (Å²) in [6.07, 6.45) is 1.47. The van der Waals surface area contributed by atoms with E-state index in [2.05, 4.69) is 5.32 Å². The number of carbonyl (C=O) groups is 2. The van der Waals surface area contributed by atoms with E-state index in [9.17, 15) is 14.7 Å². The summed E-state index contributed by atoms with van der Waals surface area (Å²) >= 11 is 4.93. The molecule has 1 aliphatic heterocycles. The lowest BCUT2D eigenvalue weighted by Gasteiger charge is -2.27. The third kappa shape index (κ3) is 2.63. The fraction of sp³-hybridized carbons (Fsp3) is 0.154. The number of nitrogens with one attached hydrogen (secondary N) is 1. The standard InChI is InChI=1S/C13H12N2O3S/c1-2-15-12(18)10(11(17)14-13(15)19)7-8-3-5-9(16)6-4-8/h3-7,16H,2H2,1H3,(H,14,17,19)/b10-7-. The van der Waals surface area contributed by atoms with E-state index in [1.807, 2.05) is 0 Å². The minimum Gasteiger partial charge on any atom is -0.508 e. The van der Waals surface area contributed by atoms with E-state index in [-0.39, 0.29) is 16.4 Å². The lowest BCUT2D eigenvalue weighted by atomic mass is 10.1. The third-order valence-corrected chi connectivity index (χ3v) is 3.03. The van der Waals surface area contributed by atoms with E-state index in [0.29, 0.717) is 12.1 Å². The van der Waals surface area contributed by atoms with Crippen molar-refractivity contribution in [1.29, 1.82) is 0 Å². The van der Waals surface area contributed by atoms with Crippen LogP contribution >= 0.6 is 12.2 Å². The number of hydrogen-bond acceptors (Lipinski definition) is 4. The molecule has 0 aliphatic carbocycles. The monoisotopic (exact) mass is 276 g/mol. The van der Waals surface area contributed by atoms with Crippen LogP contribution in [0.25, 0.3) is 6.08 Å². The molecule has 19 heavy (non-hydrogen) atoms. The average Bonchev–Trinajstić information content (AvgIpc) is 2.37. The molecule has 0 saturated carbocycles. The summed E-state index contributed by atoms with van der Waals surface area (Å²) < 4.78 is 0. The van der Waals surface area contributed by atoms with Gasteiger partial charge in [0.05, 0.1) is 0 Å². The second kappa shape index (κ2) is 5.19. The predicted octanol–water partition coefficient (Wildman–Crippen LogP) is 1.04. The molecule has 1 aromatic rings. The number of carbonyl (C=O) groups excluding carboxylic acids is 2. The SMILES string of the molecule is CCN1C(=O)/C(=C\c2ccc(O)cc2)C(=O)NC1=S. The Bertz CT molecular complexity index is 578. The first-order valence-electron chi connectivity index (χ1n) is 5.71. The number of phenolic OH excluding ortho intramolecular Hbond substituents is 1. The lowest BCUT2D eigenvalue weighted by Crippen LogP contribution is -2.53. The molecule has 5 nitrogen and oxygen atoms in total. The van der Waals surface area contributed by atoms with Crippen molar-refractivity contribution in [3.63, 3.8) is 0 Å². The molecule has 1 aliphatic rings. The summed E-state index contributed by atoms with van der Waals surface area (Å²) in [6, 6.07) is 6.21. The molecule has 0 aromatic heterocycles. The highest BCUT2D eigenvalue weighted by atomic mass is 32.1. The van der Waals surface area contributed by atoms with Crippen LogP contribution in [0.1, 0.15) is 12.5 Å². The van der Waals surface area contributed by atoms with Gasteiger partial charge in [0, 0.05) is 6.54 Å². The molecule has 0 spiro atoms. The van der Waals surface area contributed by atoms with Gasteiger partial charge in [-0.05, 0) is 42.9 Å². The number of aromatic hydroxyl groups is 1. The van der Waals surface area contributed by atoms with Gasteiger partial charge in [0.2, 0.25) is 0 Å². The van der Waals surface area contributed by atoms with Gasteiger partial charge in [-0.2, -0.15) is 0 Å². The zero-order valence-electron chi connectivity index (χ0n) is 10.2. The number of phenols is 1. The summed E-state index contributed by atoms with van der Waals surface area (Å²) in [6.45, 7) is 2.17. The maximum absolute atomic E-state index is 12.1. The van der Waals surface area contributed by atoms with Gasteiger partial charge in [-0.25, -0.2) is 0 Å². The fourth-order valence-corrected chi connectivity index (χ4v) is 2.02. The number of likely N-dealkylation sites (N-methyl/N-ethyl adjacent to an activating group) is 1. The zero-order chi connectivity index (χ0) is 14.0. The quantitative estimate of drug-likeness (QED) is 0.481. The Morgan fingerprint density at radius 1 is 1.32 bits per heavy atom. The van der Waals surface area contributed by atoms with Crippen molar-refractivity contribution in [2.75, 3.05) is 6.54 Å². The maximum Gasteiger partial charge on any atom is 0.265 e. The topological polar surface area (TPSA) is 69.6 Å². The Morgan fingerprint density at radius 2 is 1.95 bits per heavy atom. The Labute approximate surface area is 115 Å². The summed E-state index contributed by atoms with van der Waals surface area (Å²) in [5.41, 5.74) is 0.682. The van der Waals surface area contributed by atoms with Gasteiger partial charge < -0.3 is 5.11 Å². The van der Waals surface area contributed by atoms with E-state index in [1.54, 1.807) is 19.1 Å². The molecule has 0 bridgehead atoms. The number of rotatable bonds is 2. The summed E-state index contributed by atoms with van der Waals surface area (Å²) in [7, 11) is 0. The Morgan fingerprint density at radius 3 is 2.53 bits per heavy atom. The van der Waals surface area contributed by atoms with Gasteiger partial charge in [-0.15, -0.1) is 0 Å². The molecule has 1 aromatic carbocycles. The molecule has 2 rings (SSSR count). The fourth-order valence-electron chi connectivity index (χ4n) is 1.72. The van der Waals surface area contributed by atoms with Crippen molar-refractivity contribution in [3.8, 4) is 5.75 Å². The molecule has 1 saturated heterocycles. The highest BCUT2D eigenvalue weighted by Gasteiger charge is 2.32. The first kappa shape index (κ1) is 13.2. The van der Waals surface area contributed by atoms with Gasteiger partial charge in [0.15, 0.2) is 5.11 Å². The Kier molecular flexibility index (Phi) is 3.62. The van der Waals surface area contributed by atoms with Gasteiger partial charge in [-0.3, -0.25) is 19.8 Å². The summed E-state index contributed by atoms with van der Waals surface area (Å²) in [5.74, 6) is -0.796. The minimum atomic E-state index is -0.507. The highest BCUT2D eigenvalue weighted by Crippen LogP contribution is 2.16. The second-order valence-electron chi connectivity index (χ2n) is 3.96. The van der Waals surface area contributed by atoms with E-state index < -0.39 is 11.8 Å². The van der Waals surface area contributed by atoms with Crippen molar-refractivity contribution < 1.29 is 14.7 Å². The van der Waals surface area contributed by atoms with Crippen molar-refractivity contribution >= 4 is 35.2 Å². The molecule has 0 atom stereocenters.